The van der Waals surface area contributed by atoms with Crippen LogP contribution < -0.4 is 10.2 Å². The second kappa shape index (κ2) is 7.00. The molecule has 1 saturated heterocycles. The van der Waals surface area contributed by atoms with Gasteiger partial charge in [-0.3, -0.25) is 0 Å². The Bertz CT molecular complexity index is 376. The number of anilines is 1. The van der Waals surface area contributed by atoms with Crippen molar-refractivity contribution in [2.75, 3.05) is 36.0 Å². The first-order valence-electron chi connectivity index (χ1n) is 6.63. The van der Waals surface area contributed by atoms with E-state index in [1.165, 1.54) is 5.75 Å². The number of hydrogen-bond donors (Lipinski definition) is 1. The molecule has 0 saturated carbocycles. The van der Waals surface area contributed by atoms with Gasteiger partial charge in [-0.25, -0.2) is 4.39 Å². The maximum atomic E-state index is 14.1. The number of halogens is 1. The highest BCUT2D eigenvalue weighted by Gasteiger charge is 2.14. The van der Waals surface area contributed by atoms with Crippen LogP contribution in [-0.4, -0.2) is 31.1 Å². The third-order valence-electron chi connectivity index (χ3n) is 3.15. The Hall–Kier alpha value is -0.740. The first kappa shape index (κ1) is 13.7. The first-order valence-corrected chi connectivity index (χ1v) is 7.78. The zero-order valence-corrected chi connectivity index (χ0v) is 11.7. The summed E-state index contributed by atoms with van der Waals surface area (Å²) in [4.78, 5) is 2.17. The molecule has 2 nitrogen and oxygen atoms in total. The predicted octanol–water partition coefficient (Wildman–Crippen LogP) is 2.88. The average Bonchev–Trinajstić information content (AvgIpc) is 2.65. The van der Waals surface area contributed by atoms with Crippen molar-refractivity contribution < 1.29 is 4.39 Å². The van der Waals surface area contributed by atoms with E-state index in [9.17, 15) is 4.39 Å². The van der Waals surface area contributed by atoms with E-state index < -0.39 is 0 Å². The van der Waals surface area contributed by atoms with Crippen molar-refractivity contribution in [3.8, 4) is 0 Å². The minimum atomic E-state index is -0.0858. The zero-order valence-electron chi connectivity index (χ0n) is 10.9. The van der Waals surface area contributed by atoms with Gasteiger partial charge in [-0.1, -0.05) is 13.0 Å². The van der Waals surface area contributed by atoms with Crippen LogP contribution in [0.4, 0.5) is 10.1 Å². The molecule has 1 aromatic carbocycles. The smallest absolute Gasteiger partial charge is 0.146 e. The Kier molecular flexibility index (Phi) is 5.32. The summed E-state index contributed by atoms with van der Waals surface area (Å²) in [5.41, 5.74) is 1.78. The standard InChI is InChI=1S/C14H21FN2S/c1-2-16-11-12-4-5-14(13(15)10-12)17-6-3-8-18-9-7-17/h4-5,10,16H,2-3,6-9,11H2,1H3. The highest BCUT2D eigenvalue weighted by atomic mass is 32.2. The lowest BCUT2D eigenvalue weighted by Crippen LogP contribution is -2.26. The van der Waals surface area contributed by atoms with Gasteiger partial charge in [0.05, 0.1) is 5.69 Å². The lowest BCUT2D eigenvalue weighted by molar-refractivity contribution is 0.613. The van der Waals surface area contributed by atoms with E-state index in [0.29, 0.717) is 0 Å². The molecule has 0 unspecified atom stereocenters. The third kappa shape index (κ3) is 3.62. The van der Waals surface area contributed by atoms with Gasteiger partial charge in [0.2, 0.25) is 0 Å². The Morgan fingerprint density at radius 3 is 3.00 bits per heavy atom. The third-order valence-corrected chi connectivity index (χ3v) is 4.20. The van der Waals surface area contributed by atoms with Crippen LogP contribution in [0.2, 0.25) is 0 Å². The van der Waals surface area contributed by atoms with Gasteiger partial charge in [-0.05, 0) is 36.4 Å². The average molecular weight is 268 g/mol. The Morgan fingerprint density at radius 1 is 1.33 bits per heavy atom. The van der Waals surface area contributed by atoms with Gasteiger partial charge in [0, 0.05) is 25.4 Å². The summed E-state index contributed by atoms with van der Waals surface area (Å²) in [6.07, 6.45) is 1.14. The minimum Gasteiger partial charge on any atom is -0.368 e. The van der Waals surface area contributed by atoms with Crippen molar-refractivity contribution in [3.05, 3.63) is 29.6 Å². The predicted molar refractivity (Wildman–Crippen MR) is 77.9 cm³/mol. The van der Waals surface area contributed by atoms with Crippen LogP contribution in [0.1, 0.15) is 18.9 Å². The second-order valence-electron chi connectivity index (χ2n) is 4.52. The summed E-state index contributed by atoms with van der Waals surface area (Å²) >= 11 is 1.96. The van der Waals surface area contributed by atoms with Crippen molar-refractivity contribution in [1.82, 2.24) is 5.32 Å². The van der Waals surface area contributed by atoms with Gasteiger partial charge in [0.25, 0.3) is 0 Å². The lowest BCUT2D eigenvalue weighted by atomic mass is 10.1. The fourth-order valence-electron chi connectivity index (χ4n) is 2.17. The SMILES string of the molecule is CCNCc1ccc(N2CCCSCC2)c(F)c1. The lowest BCUT2D eigenvalue weighted by Gasteiger charge is -2.23. The summed E-state index contributed by atoms with van der Waals surface area (Å²) in [6, 6.07) is 5.62. The van der Waals surface area contributed by atoms with Crippen molar-refractivity contribution >= 4 is 17.4 Å². The van der Waals surface area contributed by atoms with Gasteiger partial charge in [-0.2, -0.15) is 11.8 Å². The van der Waals surface area contributed by atoms with Gasteiger partial charge in [0.1, 0.15) is 5.82 Å². The van der Waals surface area contributed by atoms with Crippen molar-refractivity contribution in [2.45, 2.75) is 19.9 Å². The highest BCUT2D eigenvalue weighted by molar-refractivity contribution is 7.99. The van der Waals surface area contributed by atoms with Crippen LogP contribution in [-0.2, 0) is 6.54 Å². The molecular formula is C14H21FN2S. The summed E-state index contributed by atoms with van der Waals surface area (Å²) in [6.45, 7) is 5.63. The summed E-state index contributed by atoms with van der Waals surface area (Å²) in [5.74, 6) is 2.20. The van der Waals surface area contributed by atoms with Crippen molar-refractivity contribution in [2.24, 2.45) is 0 Å². The van der Waals surface area contributed by atoms with E-state index in [-0.39, 0.29) is 5.82 Å². The molecule has 1 aliphatic rings. The van der Waals surface area contributed by atoms with E-state index in [0.717, 1.165) is 49.6 Å². The topological polar surface area (TPSA) is 15.3 Å². The van der Waals surface area contributed by atoms with Crippen molar-refractivity contribution in [3.63, 3.8) is 0 Å². The summed E-state index contributed by atoms with van der Waals surface area (Å²) < 4.78 is 14.1. The molecule has 18 heavy (non-hydrogen) atoms. The molecule has 1 fully saturated rings. The molecule has 0 radical (unpaired) electrons. The van der Waals surface area contributed by atoms with Crippen LogP contribution in [0.5, 0.6) is 0 Å². The Morgan fingerprint density at radius 2 is 2.22 bits per heavy atom. The normalized spacial score (nSPS) is 16.7. The maximum Gasteiger partial charge on any atom is 0.146 e. The molecule has 0 amide bonds. The number of thioether (sulfide) groups is 1. The molecule has 1 aromatic rings. The molecule has 1 heterocycles. The van der Waals surface area contributed by atoms with Crippen LogP contribution in [0.25, 0.3) is 0 Å². The number of benzene rings is 1. The molecule has 1 N–H and O–H groups in total. The van der Waals surface area contributed by atoms with Crippen molar-refractivity contribution in [1.29, 1.82) is 0 Å². The quantitative estimate of drug-likeness (QED) is 0.904. The molecule has 2 rings (SSSR count). The summed E-state index contributed by atoms with van der Waals surface area (Å²) in [7, 11) is 0. The first-order chi connectivity index (χ1) is 8.81. The van der Waals surface area contributed by atoms with Crippen LogP contribution in [0, 0.1) is 5.82 Å². The fourth-order valence-corrected chi connectivity index (χ4v) is 3.06. The van der Waals surface area contributed by atoms with Gasteiger partial charge in [-0.15, -0.1) is 0 Å². The number of rotatable bonds is 4. The molecule has 4 heteroatoms. The maximum absolute atomic E-state index is 14.1. The number of nitrogens with one attached hydrogen (secondary N) is 1. The van der Waals surface area contributed by atoms with E-state index in [1.807, 2.05) is 23.9 Å². The molecule has 0 spiro atoms. The zero-order chi connectivity index (χ0) is 12.8. The second-order valence-corrected chi connectivity index (χ2v) is 5.74. The highest BCUT2D eigenvalue weighted by Crippen LogP contribution is 2.23. The van der Waals surface area contributed by atoms with Gasteiger partial charge < -0.3 is 10.2 Å². The molecular weight excluding hydrogens is 247 g/mol. The number of hydrogen-bond acceptors (Lipinski definition) is 3. The van der Waals surface area contributed by atoms with Crippen LogP contribution in [0.15, 0.2) is 18.2 Å². The molecule has 0 aromatic heterocycles. The molecule has 0 aliphatic carbocycles. The number of nitrogens with zero attached hydrogens (tertiary/aromatic N) is 1. The van der Waals surface area contributed by atoms with E-state index in [2.05, 4.69) is 17.1 Å². The molecule has 1 aliphatic heterocycles. The van der Waals surface area contributed by atoms with Gasteiger partial charge >= 0.3 is 0 Å². The monoisotopic (exact) mass is 268 g/mol. The van der Waals surface area contributed by atoms with E-state index >= 15 is 0 Å². The molecule has 0 atom stereocenters. The van der Waals surface area contributed by atoms with Crippen LogP contribution >= 0.6 is 11.8 Å². The Labute approximate surface area is 113 Å². The van der Waals surface area contributed by atoms with Crippen LogP contribution in [0.3, 0.4) is 0 Å². The minimum absolute atomic E-state index is 0.0858. The van der Waals surface area contributed by atoms with E-state index in [1.54, 1.807) is 6.07 Å². The Balaban J connectivity index is 2.08. The molecule has 100 valence electrons. The fraction of sp³-hybridized carbons (Fsp3) is 0.571. The van der Waals surface area contributed by atoms with Gasteiger partial charge in [0.15, 0.2) is 0 Å². The van der Waals surface area contributed by atoms with E-state index in [4.69, 9.17) is 0 Å². The summed E-state index contributed by atoms with van der Waals surface area (Å²) in [5, 5.41) is 3.22. The largest absolute Gasteiger partial charge is 0.368 e. The molecule has 0 bridgehead atoms.